The first kappa shape index (κ1) is 13.8. The second kappa shape index (κ2) is 6.05. The lowest BCUT2D eigenvalue weighted by Crippen LogP contribution is -2.29. The molecule has 0 amide bonds. The molecule has 0 saturated carbocycles. The van der Waals surface area contributed by atoms with Gasteiger partial charge in [-0.15, -0.1) is 0 Å². The van der Waals surface area contributed by atoms with Crippen molar-refractivity contribution < 1.29 is 14.6 Å². The fourth-order valence-electron chi connectivity index (χ4n) is 1.82. The van der Waals surface area contributed by atoms with Crippen molar-refractivity contribution in [1.29, 1.82) is 0 Å². The molecule has 0 heterocycles. The van der Waals surface area contributed by atoms with Crippen molar-refractivity contribution >= 4 is 24.4 Å². The molecule has 4 nitrogen and oxygen atoms in total. The zero-order valence-electron chi connectivity index (χ0n) is 10.9. The van der Waals surface area contributed by atoms with Crippen molar-refractivity contribution in [2.24, 2.45) is 0 Å². The number of ether oxygens (including phenoxy) is 1. The second-order valence-corrected chi connectivity index (χ2v) is 4.29. The maximum Gasteiger partial charge on any atom is 0.321 e. The normalized spacial score (nSPS) is 9.65. The van der Waals surface area contributed by atoms with Gasteiger partial charge in [0.1, 0.15) is 17.8 Å². The Morgan fingerprint density at radius 1 is 1.20 bits per heavy atom. The van der Waals surface area contributed by atoms with Crippen LogP contribution in [0.1, 0.15) is 10.4 Å². The molecule has 2 rings (SSSR count). The molecule has 0 unspecified atom stereocenters. The smallest absolute Gasteiger partial charge is 0.321 e. The highest BCUT2D eigenvalue weighted by Gasteiger charge is 2.12. The number of rotatable bonds is 4. The topological polar surface area (TPSA) is 50.9 Å². The Labute approximate surface area is 117 Å². The maximum absolute atomic E-state index is 11.0. The van der Waals surface area contributed by atoms with Gasteiger partial charge in [-0.25, -0.2) is 4.85 Å². The van der Waals surface area contributed by atoms with Crippen molar-refractivity contribution in [1.82, 2.24) is 0 Å². The van der Waals surface area contributed by atoms with E-state index in [0.717, 1.165) is 0 Å². The van der Waals surface area contributed by atoms with Gasteiger partial charge < -0.3 is 9.76 Å². The summed E-state index contributed by atoms with van der Waals surface area (Å²) in [7, 11) is 0. The van der Waals surface area contributed by atoms with Gasteiger partial charge in [-0.1, -0.05) is 25.0 Å². The molecular formula is C15H12BNO3. The van der Waals surface area contributed by atoms with Gasteiger partial charge in [0, 0.05) is 5.56 Å². The Bertz CT molecular complexity index is 660. The van der Waals surface area contributed by atoms with E-state index in [1.54, 1.807) is 49.3 Å². The third kappa shape index (κ3) is 3.05. The van der Waals surface area contributed by atoms with E-state index in [1.165, 1.54) is 0 Å². The third-order valence-electron chi connectivity index (χ3n) is 2.84. The van der Waals surface area contributed by atoms with Crippen LogP contribution in [0, 0.1) is 6.57 Å². The molecule has 2 aromatic rings. The molecule has 0 saturated heterocycles. The summed E-state index contributed by atoms with van der Waals surface area (Å²) in [5.74, 6) is 1.09. The zero-order valence-corrected chi connectivity index (χ0v) is 10.9. The monoisotopic (exact) mass is 265 g/mol. The first-order valence-electron chi connectivity index (χ1n) is 6.06. The Morgan fingerprint density at radius 2 is 1.85 bits per heavy atom. The van der Waals surface area contributed by atoms with Crippen LogP contribution in [0.25, 0.3) is 4.85 Å². The lowest BCUT2D eigenvalue weighted by molar-refractivity contribution is 0.112. The molecule has 1 N–H and O–H groups in total. The maximum atomic E-state index is 11.0. The largest absolute Gasteiger partial charge is 0.457 e. The summed E-state index contributed by atoms with van der Waals surface area (Å²) in [6, 6.07) is 11.6. The minimum absolute atomic E-state index is 0.398. The van der Waals surface area contributed by atoms with Crippen LogP contribution < -0.4 is 10.2 Å². The second-order valence-electron chi connectivity index (χ2n) is 4.29. The summed E-state index contributed by atoms with van der Waals surface area (Å²) in [5.41, 5.74) is 1.50. The van der Waals surface area contributed by atoms with E-state index in [4.69, 9.17) is 11.3 Å². The predicted molar refractivity (Wildman–Crippen MR) is 78.1 cm³/mol. The van der Waals surface area contributed by atoms with Gasteiger partial charge in [-0.05, 0) is 29.7 Å². The summed E-state index contributed by atoms with van der Waals surface area (Å²) < 4.78 is 5.61. The molecular weight excluding hydrogens is 253 g/mol. The van der Waals surface area contributed by atoms with Crippen molar-refractivity contribution in [3.63, 3.8) is 0 Å². The third-order valence-corrected chi connectivity index (χ3v) is 2.84. The van der Waals surface area contributed by atoms with Crippen LogP contribution in [0.4, 0.5) is 5.69 Å². The lowest BCUT2D eigenvalue weighted by atomic mass is 9.63. The molecule has 0 aliphatic rings. The minimum Gasteiger partial charge on any atom is -0.457 e. The first-order valence-corrected chi connectivity index (χ1v) is 6.06. The van der Waals surface area contributed by atoms with E-state index in [2.05, 4.69) is 4.85 Å². The summed E-state index contributed by atoms with van der Waals surface area (Å²) in [4.78, 5) is 14.3. The van der Waals surface area contributed by atoms with E-state index in [0.29, 0.717) is 34.5 Å². The Balaban J connectivity index is 2.25. The van der Waals surface area contributed by atoms with E-state index < -0.39 is 6.92 Å². The molecule has 0 bridgehead atoms. The lowest BCUT2D eigenvalue weighted by Gasteiger charge is -2.09. The van der Waals surface area contributed by atoms with Crippen LogP contribution in [0.2, 0.25) is 6.82 Å². The zero-order chi connectivity index (χ0) is 14.5. The number of nitrogens with zero attached hydrogens (tertiary/aromatic N) is 1. The fraction of sp³-hybridized carbons (Fsp3) is 0.0667. The molecule has 98 valence electrons. The van der Waals surface area contributed by atoms with Gasteiger partial charge in [-0.3, -0.25) is 4.79 Å². The van der Waals surface area contributed by atoms with Crippen LogP contribution in [0.3, 0.4) is 0 Å². The van der Waals surface area contributed by atoms with E-state index >= 15 is 0 Å². The first-order chi connectivity index (χ1) is 9.63. The number of hydrogen-bond acceptors (Lipinski definition) is 3. The molecule has 0 radical (unpaired) electrons. The molecule has 0 atom stereocenters. The SMILES string of the molecule is [C-]#[N+]c1ccc(Oc2ccc(B(C)O)c(C=O)c2)cc1. The van der Waals surface area contributed by atoms with Gasteiger partial charge in [0.2, 0.25) is 0 Å². The molecule has 0 aliphatic carbocycles. The van der Waals surface area contributed by atoms with Gasteiger partial charge >= 0.3 is 6.92 Å². The number of aldehydes is 1. The molecule has 0 fully saturated rings. The number of carbonyl (C=O) groups is 1. The van der Waals surface area contributed by atoms with Crippen LogP contribution in [-0.2, 0) is 0 Å². The highest BCUT2D eigenvalue weighted by molar-refractivity contribution is 6.66. The molecule has 5 heteroatoms. The molecule has 20 heavy (non-hydrogen) atoms. The molecule has 2 aromatic carbocycles. The number of benzene rings is 2. The summed E-state index contributed by atoms with van der Waals surface area (Å²) in [6.07, 6.45) is 0.691. The average molecular weight is 265 g/mol. The van der Waals surface area contributed by atoms with Crippen molar-refractivity contribution in [3.8, 4) is 11.5 Å². The molecule has 0 aromatic heterocycles. The Morgan fingerprint density at radius 3 is 2.40 bits per heavy atom. The fourth-order valence-corrected chi connectivity index (χ4v) is 1.82. The summed E-state index contributed by atoms with van der Waals surface area (Å²) in [6.45, 7) is 7.77. The van der Waals surface area contributed by atoms with Crippen LogP contribution in [0.5, 0.6) is 11.5 Å². The Kier molecular flexibility index (Phi) is 4.19. The quantitative estimate of drug-likeness (QED) is 0.525. The highest BCUT2D eigenvalue weighted by atomic mass is 16.5. The van der Waals surface area contributed by atoms with Gasteiger partial charge in [0.05, 0.1) is 6.57 Å². The van der Waals surface area contributed by atoms with Crippen molar-refractivity contribution in [2.75, 3.05) is 0 Å². The van der Waals surface area contributed by atoms with Gasteiger partial charge in [0.25, 0.3) is 0 Å². The van der Waals surface area contributed by atoms with Crippen molar-refractivity contribution in [2.45, 2.75) is 6.82 Å². The highest BCUT2D eigenvalue weighted by Crippen LogP contribution is 2.24. The summed E-state index contributed by atoms with van der Waals surface area (Å²) in [5, 5.41) is 9.55. The minimum atomic E-state index is -0.706. The summed E-state index contributed by atoms with van der Waals surface area (Å²) >= 11 is 0. The number of carbonyl (C=O) groups excluding carboxylic acids is 1. The number of hydrogen-bond donors (Lipinski definition) is 1. The molecule has 0 aliphatic heterocycles. The van der Waals surface area contributed by atoms with E-state index in [1.807, 2.05) is 0 Å². The molecule has 0 spiro atoms. The van der Waals surface area contributed by atoms with Crippen molar-refractivity contribution in [3.05, 3.63) is 59.4 Å². The van der Waals surface area contributed by atoms with Gasteiger partial charge in [0.15, 0.2) is 5.69 Å². The van der Waals surface area contributed by atoms with Crippen LogP contribution in [-0.4, -0.2) is 18.2 Å². The van der Waals surface area contributed by atoms with Crippen LogP contribution >= 0.6 is 0 Å². The van der Waals surface area contributed by atoms with Crippen LogP contribution in [0.15, 0.2) is 42.5 Å². The average Bonchev–Trinajstić information content (AvgIpc) is 2.47. The predicted octanol–water partition coefficient (Wildman–Crippen LogP) is 2.66. The van der Waals surface area contributed by atoms with E-state index in [-0.39, 0.29) is 0 Å². The van der Waals surface area contributed by atoms with E-state index in [9.17, 15) is 9.82 Å². The standard InChI is InChI=1S/C15H12BNO3/c1-16(19)15-8-7-14(9-11(15)10-18)20-13-5-3-12(17-2)4-6-13/h3-10,19H,1H3. The van der Waals surface area contributed by atoms with Gasteiger partial charge in [-0.2, -0.15) is 0 Å². The Hall–Kier alpha value is -2.58.